The van der Waals surface area contributed by atoms with Gasteiger partial charge in [-0.2, -0.15) is 0 Å². The van der Waals surface area contributed by atoms with Crippen molar-refractivity contribution in [3.05, 3.63) is 0 Å². The minimum Gasteiger partial charge on any atom is -0.373 e. The summed E-state index contributed by atoms with van der Waals surface area (Å²) in [6.45, 7) is 2.35. The van der Waals surface area contributed by atoms with Crippen LogP contribution in [-0.2, 0) is 4.74 Å². The van der Waals surface area contributed by atoms with Gasteiger partial charge in [0.05, 0.1) is 12.2 Å². The quantitative estimate of drug-likeness (QED) is 0.794. The Labute approximate surface area is 99.1 Å². The Hall–Kier alpha value is -0.0800. The molecular weight excluding hydrogens is 198 g/mol. The lowest BCUT2D eigenvalue weighted by molar-refractivity contribution is 0.0927. The normalized spacial score (nSPS) is 47.4. The second-order valence-electron chi connectivity index (χ2n) is 5.94. The second kappa shape index (κ2) is 4.66. The van der Waals surface area contributed by atoms with Crippen molar-refractivity contribution in [2.45, 2.75) is 82.6 Å². The molecule has 0 aromatic carbocycles. The summed E-state index contributed by atoms with van der Waals surface area (Å²) in [6, 6.07) is 1.46. The van der Waals surface area contributed by atoms with E-state index >= 15 is 0 Å². The molecule has 3 fully saturated rings. The highest BCUT2D eigenvalue weighted by molar-refractivity contribution is 4.96. The van der Waals surface area contributed by atoms with Crippen molar-refractivity contribution in [2.75, 3.05) is 0 Å². The maximum Gasteiger partial charge on any atom is 0.0733 e. The van der Waals surface area contributed by atoms with Crippen LogP contribution in [0, 0.1) is 5.92 Å². The largest absolute Gasteiger partial charge is 0.373 e. The molecule has 1 saturated carbocycles. The summed E-state index contributed by atoms with van der Waals surface area (Å²) in [5.41, 5.74) is 0. The Morgan fingerprint density at radius 2 is 1.94 bits per heavy atom. The fourth-order valence-corrected chi connectivity index (χ4v) is 4.00. The predicted molar refractivity (Wildman–Crippen MR) is 65.5 cm³/mol. The van der Waals surface area contributed by atoms with Gasteiger partial charge in [-0.05, 0) is 38.0 Å². The molecule has 0 spiro atoms. The molecule has 0 aromatic heterocycles. The van der Waals surface area contributed by atoms with Crippen molar-refractivity contribution in [2.24, 2.45) is 5.92 Å². The van der Waals surface area contributed by atoms with Gasteiger partial charge in [-0.3, -0.25) is 0 Å². The van der Waals surface area contributed by atoms with Gasteiger partial charge in [-0.15, -0.1) is 0 Å². The van der Waals surface area contributed by atoms with Crippen LogP contribution < -0.4 is 5.32 Å². The van der Waals surface area contributed by atoms with E-state index < -0.39 is 0 Å². The van der Waals surface area contributed by atoms with Crippen LogP contribution in [0.1, 0.15) is 58.3 Å². The van der Waals surface area contributed by atoms with Crippen LogP contribution >= 0.6 is 0 Å². The van der Waals surface area contributed by atoms with Gasteiger partial charge < -0.3 is 10.1 Å². The van der Waals surface area contributed by atoms with Crippen molar-refractivity contribution in [3.8, 4) is 0 Å². The van der Waals surface area contributed by atoms with Gasteiger partial charge in [-0.1, -0.05) is 26.2 Å². The van der Waals surface area contributed by atoms with Crippen molar-refractivity contribution >= 4 is 0 Å². The van der Waals surface area contributed by atoms with Crippen LogP contribution in [0.25, 0.3) is 0 Å². The highest BCUT2D eigenvalue weighted by Gasteiger charge is 2.42. The molecule has 2 saturated heterocycles. The first kappa shape index (κ1) is 11.0. The maximum absolute atomic E-state index is 5.93. The van der Waals surface area contributed by atoms with E-state index in [-0.39, 0.29) is 0 Å². The molecule has 1 N–H and O–H groups in total. The monoisotopic (exact) mass is 223 g/mol. The summed E-state index contributed by atoms with van der Waals surface area (Å²) < 4.78 is 5.93. The van der Waals surface area contributed by atoms with E-state index in [0.29, 0.717) is 18.2 Å². The van der Waals surface area contributed by atoms with Crippen LogP contribution in [0.5, 0.6) is 0 Å². The molecule has 2 heteroatoms. The molecular formula is C14H25NO. The molecule has 2 aliphatic heterocycles. The first-order chi connectivity index (χ1) is 7.86. The van der Waals surface area contributed by atoms with E-state index in [2.05, 4.69) is 12.2 Å². The fraction of sp³-hybridized carbons (Fsp3) is 1.00. The molecule has 16 heavy (non-hydrogen) atoms. The summed E-state index contributed by atoms with van der Waals surface area (Å²) in [5, 5.41) is 3.93. The summed E-state index contributed by atoms with van der Waals surface area (Å²) in [6.07, 6.45) is 12.1. The van der Waals surface area contributed by atoms with Gasteiger partial charge in [-0.25, -0.2) is 0 Å². The van der Waals surface area contributed by atoms with E-state index in [0.717, 1.165) is 12.0 Å². The summed E-state index contributed by atoms with van der Waals surface area (Å²) in [4.78, 5) is 0. The Morgan fingerprint density at radius 1 is 1.06 bits per heavy atom. The molecule has 2 heterocycles. The number of fused-ring (bicyclic) bond motifs is 2. The minimum absolute atomic E-state index is 0.546. The van der Waals surface area contributed by atoms with Crippen molar-refractivity contribution < 1.29 is 4.74 Å². The molecule has 92 valence electrons. The maximum atomic E-state index is 5.93. The Kier molecular flexibility index (Phi) is 3.21. The Bertz CT molecular complexity index is 243. The van der Waals surface area contributed by atoms with E-state index in [1.165, 1.54) is 51.4 Å². The SMILES string of the molecule is CCC1CCCCC1NC1CC2CCC1O2. The van der Waals surface area contributed by atoms with Gasteiger partial charge in [0.1, 0.15) is 0 Å². The number of ether oxygens (including phenoxy) is 1. The molecule has 5 unspecified atom stereocenters. The molecule has 0 aromatic rings. The highest BCUT2D eigenvalue weighted by atomic mass is 16.5. The highest BCUT2D eigenvalue weighted by Crippen LogP contribution is 2.36. The molecule has 3 rings (SSSR count). The number of hydrogen-bond donors (Lipinski definition) is 1. The van der Waals surface area contributed by atoms with Crippen LogP contribution in [0.3, 0.4) is 0 Å². The van der Waals surface area contributed by atoms with Gasteiger partial charge in [0.25, 0.3) is 0 Å². The molecule has 5 atom stereocenters. The molecule has 0 radical (unpaired) electrons. The summed E-state index contributed by atoms with van der Waals surface area (Å²) in [7, 11) is 0. The Morgan fingerprint density at radius 3 is 2.62 bits per heavy atom. The lowest BCUT2D eigenvalue weighted by atomic mass is 9.81. The van der Waals surface area contributed by atoms with Gasteiger partial charge in [0, 0.05) is 12.1 Å². The average Bonchev–Trinajstić information content (AvgIpc) is 2.92. The van der Waals surface area contributed by atoms with Crippen molar-refractivity contribution in [3.63, 3.8) is 0 Å². The second-order valence-corrected chi connectivity index (χ2v) is 5.94. The van der Waals surface area contributed by atoms with Crippen LogP contribution in [-0.4, -0.2) is 24.3 Å². The van der Waals surface area contributed by atoms with E-state index in [4.69, 9.17) is 4.74 Å². The van der Waals surface area contributed by atoms with Crippen LogP contribution in [0.4, 0.5) is 0 Å². The number of rotatable bonds is 3. The van der Waals surface area contributed by atoms with Crippen molar-refractivity contribution in [1.82, 2.24) is 5.32 Å². The van der Waals surface area contributed by atoms with Gasteiger partial charge in [0.15, 0.2) is 0 Å². The summed E-state index contributed by atoms with van der Waals surface area (Å²) in [5.74, 6) is 0.924. The molecule has 0 amide bonds. The average molecular weight is 223 g/mol. The van der Waals surface area contributed by atoms with Crippen LogP contribution in [0.15, 0.2) is 0 Å². The fourth-order valence-electron chi connectivity index (χ4n) is 4.00. The van der Waals surface area contributed by atoms with E-state index in [9.17, 15) is 0 Å². The third-order valence-corrected chi connectivity index (χ3v) is 4.97. The first-order valence-corrected chi connectivity index (χ1v) is 7.28. The molecule has 2 nitrogen and oxygen atoms in total. The number of hydrogen-bond acceptors (Lipinski definition) is 2. The number of nitrogens with one attached hydrogen (secondary N) is 1. The van der Waals surface area contributed by atoms with Gasteiger partial charge >= 0.3 is 0 Å². The van der Waals surface area contributed by atoms with Gasteiger partial charge in [0.2, 0.25) is 0 Å². The summed E-state index contributed by atoms with van der Waals surface area (Å²) >= 11 is 0. The predicted octanol–water partition coefficient (Wildman–Crippen LogP) is 2.86. The van der Waals surface area contributed by atoms with Crippen LogP contribution in [0.2, 0.25) is 0 Å². The third-order valence-electron chi connectivity index (χ3n) is 4.97. The topological polar surface area (TPSA) is 21.3 Å². The third kappa shape index (κ3) is 2.02. The molecule has 1 aliphatic carbocycles. The first-order valence-electron chi connectivity index (χ1n) is 7.28. The zero-order chi connectivity index (χ0) is 11.0. The van der Waals surface area contributed by atoms with Crippen molar-refractivity contribution in [1.29, 1.82) is 0 Å². The molecule has 3 aliphatic rings. The minimum atomic E-state index is 0.546. The zero-order valence-corrected chi connectivity index (χ0v) is 10.5. The standard InChI is InChI=1S/C14H25NO/c1-2-10-5-3-4-6-12(10)15-13-9-11-7-8-14(13)16-11/h10-15H,2-9H2,1H3. The smallest absolute Gasteiger partial charge is 0.0733 e. The lowest BCUT2D eigenvalue weighted by Crippen LogP contribution is -2.48. The van der Waals surface area contributed by atoms with E-state index in [1.807, 2.05) is 0 Å². The zero-order valence-electron chi connectivity index (χ0n) is 10.5. The van der Waals surface area contributed by atoms with E-state index in [1.54, 1.807) is 0 Å². The Balaban J connectivity index is 1.56. The molecule has 2 bridgehead atoms. The lowest BCUT2D eigenvalue weighted by Gasteiger charge is -2.35.